The molecule has 2 rings (SSSR count). The summed E-state index contributed by atoms with van der Waals surface area (Å²) < 4.78 is 38.0. The van der Waals surface area contributed by atoms with Crippen LogP contribution in [0.25, 0.3) is 11.3 Å². The van der Waals surface area contributed by atoms with Crippen molar-refractivity contribution in [2.75, 3.05) is 20.0 Å². The fraction of sp³-hybridized carbons (Fsp3) is 0.308. The van der Waals surface area contributed by atoms with E-state index in [-0.39, 0.29) is 16.9 Å². The van der Waals surface area contributed by atoms with Gasteiger partial charge in [0.2, 0.25) is 0 Å². The lowest BCUT2D eigenvalue weighted by molar-refractivity contribution is 0.151. The molecular weight excluding hydrogens is 268 g/mol. The Morgan fingerprint density at radius 3 is 2.20 bits per heavy atom. The molecule has 2 N–H and O–H groups in total. The van der Waals surface area contributed by atoms with Gasteiger partial charge in [0.15, 0.2) is 11.5 Å². The highest BCUT2D eigenvalue weighted by molar-refractivity contribution is 5.70. The molecule has 1 heterocycles. The van der Waals surface area contributed by atoms with Gasteiger partial charge in [0.25, 0.3) is 6.43 Å². The Bertz CT molecular complexity index is 607. The molecule has 2 aromatic rings. The average molecular weight is 283 g/mol. The number of hydrogen-bond acceptors (Lipinski definition) is 4. The Hall–Kier alpha value is -2.31. The maximum absolute atomic E-state index is 13.2. The monoisotopic (exact) mass is 283 g/mol. The number of nitrogens with zero attached hydrogens (tertiary/aromatic N) is 2. The second kappa shape index (κ2) is 5.36. The van der Waals surface area contributed by atoms with Gasteiger partial charge in [0.05, 0.1) is 19.9 Å². The number of alkyl halides is 2. The highest BCUT2D eigenvalue weighted by Crippen LogP contribution is 2.39. The molecule has 20 heavy (non-hydrogen) atoms. The third-order valence-electron chi connectivity index (χ3n) is 2.98. The summed E-state index contributed by atoms with van der Waals surface area (Å²) >= 11 is 0. The molecule has 0 saturated heterocycles. The maximum Gasteiger partial charge on any atom is 0.264 e. The van der Waals surface area contributed by atoms with Gasteiger partial charge < -0.3 is 15.2 Å². The number of hydrogen-bond donors (Lipinski definition) is 1. The highest BCUT2D eigenvalue weighted by Gasteiger charge is 2.21. The van der Waals surface area contributed by atoms with Crippen molar-refractivity contribution in [3.8, 4) is 22.8 Å². The van der Waals surface area contributed by atoms with E-state index in [0.29, 0.717) is 17.3 Å². The molecular formula is C13H15F2N3O2. The molecule has 0 saturated carbocycles. The fourth-order valence-corrected chi connectivity index (χ4v) is 1.91. The molecule has 0 radical (unpaired) electrons. The van der Waals surface area contributed by atoms with E-state index in [9.17, 15) is 8.78 Å². The lowest BCUT2D eigenvalue weighted by Gasteiger charge is -2.13. The predicted octanol–water partition coefficient (Wildman–Crippen LogP) is 2.62. The number of rotatable bonds is 4. The van der Waals surface area contributed by atoms with E-state index in [4.69, 9.17) is 15.2 Å². The van der Waals surface area contributed by atoms with E-state index in [2.05, 4.69) is 5.10 Å². The van der Waals surface area contributed by atoms with Crippen LogP contribution in [-0.2, 0) is 7.05 Å². The van der Waals surface area contributed by atoms with Gasteiger partial charge in [-0.1, -0.05) is 0 Å². The van der Waals surface area contributed by atoms with E-state index in [1.165, 1.54) is 37.1 Å². The molecule has 0 spiro atoms. The first-order valence-corrected chi connectivity index (χ1v) is 5.82. The fourth-order valence-electron chi connectivity index (χ4n) is 1.91. The number of aryl methyl sites for hydroxylation is 1. The molecule has 7 heteroatoms. The van der Waals surface area contributed by atoms with Gasteiger partial charge >= 0.3 is 0 Å². The Morgan fingerprint density at radius 1 is 1.15 bits per heavy atom. The second-order valence-corrected chi connectivity index (χ2v) is 4.17. The Balaban J connectivity index is 2.66. The molecule has 108 valence electrons. The van der Waals surface area contributed by atoms with Crippen molar-refractivity contribution < 1.29 is 18.3 Å². The smallest absolute Gasteiger partial charge is 0.264 e. The summed E-state index contributed by atoms with van der Waals surface area (Å²) in [5.74, 6) is 0.988. The van der Waals surface area contributed by atoms with Crippen LogP contribution in [0.3, 0.4) is 0 Å². The minimum atomic E-state index is -2.66. The molecule has 0 aliphatic carbocycles. The van der Waals surface area contributed by atoms with Crippen molar-refractivity contribution in [3.63, 3.8) is 0 Å². The zero-order valence-corrected chi connectivity index (χ0v) is 11.4. The van der Waals surface area contributed by atoms with Crippen LogP contribution in [0.2, 0.25) is 0 Å². The molecule has 0 fully saturated rings. The summed E-state index contributed by atoms with van der Waals surface area (Å²) in [6.45, 7) is 0. The van der Waals surface area contributed by atoms with E-state index >= 15 is 0 Å². The summed E-state index contributed by atoms with van der Waals surface area (Å²) in [5.41, 5.74) is 6.14. The number of aromatic nitrogens is 2. The van der Waals surface area contributed by atoms with Crippen LogP contribution >= 0.6 is 0 Å². The zero-order chi connectivity index (χ0) is 14.9. The summed E-state index contributed by atoms with van der Waals surface area (Å²) in [4.78, 5) is 0. The minimum Gasteiger partial charge on any atom is -0.493 e. The van der Waals surface area contributed by atoms with Gasteiger partial charge in [0.1, 0.15) is 5.82 Å². The Kier molecular flexibility index (Phi) is 3.78. The summed E-state index contributed by atoms with van der Waals surface area (Å²) in [7, 11) is 4.48. The van der Waals surface area contributed by atoms with Crippen LogP contribution in [0.4, 0.5) is 14.6 Å². The number of methoxy groups -OCH3 is 2. The van der Waals surface area contributed by atoms with E-state index < -0.39 is 6.43 Å². The molecule has 5 nitrogen and oxygen atoms in total. The quantitative estimate of drug-likeness (QED) is 0.937. The normalized spacial score (nSPS) is 10.9. The van der Waals surface area contributed by atoms with Gasteiger partial charge in [-0.25, -0.2) is 8.78 Å². The third kappa shape index (κ3) is 2.38. The predicted molar refractivity (Wildman–Crippen MR) is 71.1 cm³/mol. The molecule has 0 aliphatic rings. The zero-order valence-electron chi connectivity index (χ0n) is 11.4. The summed E-state index contributed by atoms with van der Waals surface area (Å²) in [6.07, 6.45) is -2.66. The number of anilines is 1. The Morgan fingerprint density at radius 2 is 1.75 bits per heavy atom. The van der Waals surface area contributed by atoms with Crippen LogP contribution in [-0.4, -0.2) is 24.0 Å². The molecule has 1 aromatic heterocycles. The van der Waals surface area contributed by atoms with Crippen molar-refractivity contribution in [2.45, 2.75) is 6.43 Å². The van der Waals surface area contributed by atoms with Crippen LogP contribution in [0.5, 0.6) is 11.5 Å². The minimum absolute atomic E-state index is 0.180. The second-order valence-electron chi connectivity index (χ2n) is 4.17. The standard InChI is InChI=1S/C13H15F2N3O2/c1-18-12(16)6-9(17-18)7-4-10(19-2)11(20-3)5-8(7)13(14)15/h4-6,13H,16H2,1-3H3. The first-order chi connectivity index (χ1) is 9.47. The molecule has 1 aromatic carbocycles. The molecule has 0 unspecified atom stereocenters. The van der Waals surface area contributed by atoms with Crippen molar-refractivity contribution >= 4 is 5.82 Å². The van der Waals surface area contributed by atoms with E-state index in [1.54, 1.807) is 7.05 Å². The first kappa shape index (κ1) is 14.1. The van der Waals surface area contributed by atoms with E-state index in [1.807, 2.05) is 0 Å². The number of halogens is 2. The summed E-state index contributed by atoms with van der Waals surface area (Å²) in [6, 6.07) is 4.26. The van der Waals surface area contributed by atoms with Gasteiger partial charge in [-0.15, -0.1) is 0 Å². The van der Waals surface area contributed by atoms with Gasteiger partial charge in [-0.05, 0) is 12.1 Å². The number of ether oxygens (including phenoxy) is 2. The van der Waals surface area contributed by atoms with Crippen LogP contribution in [0, 0.1) is 0 Å². The lowest BCUT2D eigenvalue weighted by Crippen LogP contribution is -1.98. The summed E-state index contributed by atoms with van der Waals surface area (Å²) in [5, 5.41) is 4.12. The molecule has 0 atom stereocenters. The Labute approximate surface area is 114 Å². The third-order valence-corrected chi connectivity index (χ3v) is 2.98. The van der Waals surface area contributed by atoms with Crippen LogP contribution < -0.4 is 15.2 Å². The van der Waals surface area contributed by atoms with Crippen molar-refractivity contribution in [2.24, 2.45) is 7.05 Å². The number of benzene rings is 1. The van der Waals surface area contributed by atoms with Gasteiger partial charge in [-0.3, -0.25) is 4.68 Å². The molecule has 0 amide bonds. The maximum atomic E-state index is 13.2. The van der Waals surface area contributed by atoms with Crippen molar-refractivity contribution in [1.82, 2.24) is 9.78 Å². The van der Waals surface area contributed by atoms with E-state index in [0.717, 1.165) is 0 Å². The van der Waals surface area contributed by atoms with Crippen LogP contribution in [0.15, 0.2) is 18.2 Å². The SMILES string of the molecule is COc1cc(-c2cc(N)n(C)n2)c(C(F)F)cc1OC. The van der Waals surface area contributed by atoms with Gasteiger partial charge in [0, 0.05) is 24.2 Å². The lowest BCUT2D eigenvalue weighted by atomic mass is 10.0. The number of nitrogen functional groups attached to an aromatic ring is 1. The van der Waals surface area contributed by atoms with Crippen LogP contribution in [0.1, 0.15) is 12.0 Å². The topological polar surface area (TPSA) is 62.3 Å². The molecule has 0 aliphatic heterocycles. The van der Waals surface area contributed by atoms with Crippen molar-refractivity contribution in [1.29, 1.82) is 0 Å². The largest absolute Gasteiger partial charge is 0.493 e. The van der Waals surface area contributed by atoms with Gasteiger partial charge in [-0.2, -0.15) is 5.10 Å². The molecule has 0 bridgehead atoms. The first-order valence-electron chi connectivity index (χ1n) is 5.82. The average Bonchev–Trinajstić information content (AvgIpc) is 2.76. The van der Waals surface area contributed by atoms with Crippen molar-refractivity contribution in [3.05, 3.63) is 23.8 Å². The highest BCUT2D eigenvalue weighted by atomic mass is 19.3. The number of nitrogens with two attached hydrogens (primary N) is 1.